The van der Waals surface area contributed by atoms with Crippen LogP contribution < -0.4 is 10.5 Å². The van der Waals surface area contributed by atoms with Gasteiger partial charge in [-0.25, -0.2) is 9.78 Å². The van der Waals surface area contributed by atoms with Crippen molar-refractivity contribution in [3.05, 3.63) is 76.9 Å². The summed E-state index contributed by atoms with van der Waals surface area (Å²) in [7, 11) is 1.57. The van der Waals surface area contributed by atoms with Gasteiger partial charge in [0.1, 0.15) is 11.4 Å². The van der Waals surface area contributed by atoms with Crippen LogP contribution in [0.3, 0.4) is 0 Å². The van der Waals surface area contributed by atoms with Crippen molar-refractivity contribution in [2.75, 3.05) is 7.11 Å². The molecule has 3 aromatic heterocycles. The Hall–Kier alpha value is -4.14. The molecule has 0 aliphatic carbocycles. The highest BCUT2D eigenvalue weighted by atomic mass is 16.5. The van der Waals surface area contributed by atoms with Crippen LogP contribution in [0.4, 0.5) is 4.79 Å². The number of benzene rings is 1. The molecule has 1 aromatic carbocycles. The largest absolute Gasteiger partial charge is 0.497 e. The van der Waals surface area contributed by atoms with Crippen molar-refractivity contribution in [1.29, 1.82) is 0 Å². The molecule has 0 saturated heterocycles. The third-order valence-corrected chi connectivity index (χ3v) is 4.90. The summed E-state index contributed by atoms with van der Waals surface area (Å²) in [6, 6.07) is 10.5. The van der Waals surface area contributed by atoms with Crippen molar-refractivity contribution in [3.8, 4) is 5.75 Å². The normalized spacial score (nSPS) is 10.4. The number of primary amides is 1. The molecule has 160 valence electrons. The summed E-state index contributed by atoms with van der Waals surface area (Å²) in [5.41, 5.74) is 9.78. The summed E-state index contributed by atoms with van der Waals surface area (Å²) in [5, 5.41) is 14.2. The number of H-pyrrole nitrogens is 1. The number of nitrogens with zero attached hydrogens (tertiary/aromatic N) is 3. The Labute approximate surface area is 178 Å². The standard InChI is InChI=1S/C14H14N4O2.C8H9NO2/c1-8-12(9(2)18(17-8)14(19)20)6-10-7-16-13-11(10)4-3-5-15-13;1-11-7-4-2-6(3-5-7)8(9)10/h3-5,7H,6H2,1-2H3,(H,15,16)(H,19,20);2-5H,1H3,(H2,9,10). The van der Waals surface area contributed by atoms with Crippen LogP contribution in [0, 0.1) is 13.8 Å². The molecule has 4 N–H and O–H groups in total. The number of aryl methyl sites for hydroxylation is 1. The molecule has 0 atom stereocenters. The van der Waals surface area contributed by atoms with Crippen molar-refractivity contribution < 1.29 is 19.4 Å². The third-order valence-electron chi connectivity index (χ3n) is 4.90. The fourth-order valence-corrected chi connectivity index (χ4v) is 3.22. The number of carbonyl (C=O) groups excluding carboxylic acids is 1. The van der Waals surface area contributed by atoms with Gasteiger partial charge in [0.15, 0.2) is 0 Å². The van der Waals surface area contributed by atoms with Gasteiger partial charge in [-0.05, 0) is 55.8 Å². The van der Waals surface area contributed by atoms with Gasteiger partial charge in [0.2, 0.25) is 5.91 Å². The Kier molecular flexibility index (Phi) is 6.35. The minimum atomic E-state index is -1.06. The van der Waals surface area contributed by atoms with Crippen molar-refractivity contribution in [3.63, 3.8) is 0 Å². The van der Waals surface area contributed by atoms with Crippen LogP contribution in [0.15, 0.2) is 48.8 Å². The summed E-state index contributed by atoms with van der Waals surface area (Å²) in [6.45, 7) is 3.60. The lowest BCUT2D eigenvalue weighted by Crippen LogP contribution is -2.11. The van der Waals surface area contributed by atoms with E-state index in [1.165, 1.54) is 0 Å². The number of pyridine rings is 1. The SMILES string of the molecule is COc1ccc(C(N)=O)cc1.Cc1nn(C(=O)O)c(C)c1Cc1c[nH]c2ncccc12. The maximum Gasteiger partial charge on any atom is 0.432 e. The van der Waals surface area contributed by atoms with E-state index in [0.29, 0.717) is 17.7 Å². The van der Waals surface area contributed by atoms with Crippen molar-refractivity contribution >= 4 is 23.0 Å². The van der Waals surface area contributed by atoms with Crippen LogP contribution in [0.2, 0.25) is 0 Å². The Balaban J connectivity index is 0.000000210. The summed E-state index contributed by atoms with van der Waals surface area (Å²) in [5.74, 6) is 0.294. The van der Waals surface area contributed by atoms with E-state index < -0.39 is 12.0 Å². The van der Waals surface area contributed by atoms with E-state index >= 15 is 0 Å². The Morgan fingerprint density at radius 2 is 1.90 bits per heavy atom. The van der Waals surface area contributed by atoms with Crippen LogP contribution in [0.5, 0.6) is 5.75 Å². The van der Waals surface area contributed by atoms with Gasteiger partial charge in [-0.1, -0.05) is 0 Å². The Morgan fingerprint density at radius 3 is 2.48 bits per heavy atom. The van der Waals surface area contributed by atoms with Gasteiger partial charge in [0.05, 0.1) is 18.5 Å². The Morgan fingerprint density at radius 1 is 1.19 bits per heavy atom. The molecular weight excluding hydrogens is 398 g/mol. The van der Waals surface area contributed by atoms with Crippen molar-refractivity contribution in [1.82, 2.24) is 19.7 Å². The minimum absolute atomic E-state index is 0.423. The zero-order chi connectivity index (χ0) is 22.5. The number of amides is 1. The fraction of sp³-hybridized carbons (Fsp3) is 0.182. The number of carboxylic acid groups (broad SMARTS) is 1. The number of nitrogens with one attached hydrogen (secondary N) is 1. The second-order valence-electron chi connectivity index (χ2n) is 6.83. The van der Waals surface area contributed by atoms with Crippen LogP contribution in [0.1, 0.15) is 32.9 Å². The monoisotopic (exact) mass is 421 g/mol. The maximum absolute atomic E-state index is 11.1. The van der Waals surface area contributed by atoms with Crippen LogP contribution >= 0.6 is 0 Å². The quantitative estimate of drug-likeness (QED) is 0.462. The highest BCUT2D eigenvalue weighted by Gasteiger charge is 2.17. The first kappa shape index (κ1) is 21.6. The van der Waals surface area contributed by atoms with E-state index in [0.717, 1.165) is 38.3 Å². The molecule has 3 heterocycles. The van der Waals surface area contributed by atoms with E-state index in [4.69, 9.17) is 15.6 Å². The van der Waals surface area contributed by atoms with Gasteiger partial charge in [-0.2, -0.15) is 9.78 Å². The van der Waals surface area contributed by atoms with Gasteiger partial charge >= 0.3 is 6.09 Å². The molecule has 31 heavy (non-hydrogen) atoms. The van der Waals surface area contributed by atoms with Crippen LogP contribution in [-0.4, -0.2) is 44.0 Å². The first-order chi connectivity index (χ1) is 14.8. The summed E-state index contributed by atoms with van der Waals surface area (Å²) >= 11 is 0. The second-order valence-corrected chi connectivity index (χ2v) is 6.83. The van der Waals surface area contributed by atoms with Crippen molar-refractivity contribution in [2.45, 2.75) is 20.3 Å². The first-order valence-corrected chi connectivity index (χ1v) is 9.45. The number of ether oxygens (including phenoxy) is 1. The molecule has 0 unspecified atom stereocenters. The van der Waals surface area contributed by atoms with E-state index in [2.05, 4.69) is 15.1 Å². The van der Waals surface area contributed by atoms with Gasteiger partial charge < -0.3 is 20.6 Å². The minimum Gasteiger partial charge on any atom is -0.497 e. The lowest BCUT2D eigenvalue weighted by molar-refractivity contribution is 0.1000. The third kappa shape index (κ3) is 4.72. The second kappa shape index (κ2) is 9.12. The molecule has 0 spiro atoms. The van der Waals surface area contributed by atoms with Gasteiger partial charge in [-0.15, -0.1) is 0 Å². The first-order valence-electron chi connectivity index (χ1n) is 9.45. The lowest BCUT2D eigenvalue weighted by Gasteiger charge is -2.01. The van der Waals surface area contributed by atoms with Crippen molar-refractivity contribution in [2.24, 2.45) is 5.73 Å². The number of carbonyl (C=O) groups is 2. The number of hydrogen-bond donors (Lipinski definition) is 3. The van der Waals surface area contributed by atoms with Gasteiger partial charge in [-0.3, -0.25) is 4.79 Å². The van der Waals surface area contributed by atoms with Gasteiger partial charge in [0.25, 0.3) is 0 Å². The number of nitrogens with two attached hydrogens (primary N) is 1. The van der Waals surface area contributed by atoms with Gasteiger partial charge in [0, 0.05) is 35.3 Å². The summed E-state index contributed by atoms with van der Waals surface area (Å²) in [4.78, 5) is 29.0. The number of methoxy groups -OCH3 is 1. The molecule has 4 aromatic rings. The lowest BCUT2D eigenvalue weighted by atomic mass is 10.0. The number of hydrogen-bond acceptors (Lipinski definition) is 5. The number of fused-ring (bicyclic) bond motifs is 1. The molecule has 0 bridgehead atoms. The predicted octanol–water partition coefficient (Wildman–Crippen LogP) is 3.29. The molecule has 4 rings (SSSR count). The molecule has 0 fully saturated rings. The van der Waals surface area contributed by atoms with E-state index in [1.54, 1.807) is 44.5 Å². The molecule has 9 heteroatoms. The maximum atomic E-state index is 11.1. The van der Waals surface area contributed by atoms with Crippen LogP contribution in [0.25, 0.3) is 11.0 Å². The average Bonchev–Trinajstić information content (AvgIpc) is 3.30. The molecule has 0 aliphatic rings. The predicted molar refractivity (Wildman–Crippen MR) is 116 cm³/mol. The number of aromatic amines is 1. The number of rotatable bonds is 4. The smallest absolute Gasteiger partial charge is 0.432 e. The molecule has 0 aliphatic heterocycles. The van der Waals surface area contributed by atoms with E-state index in [9.17, 15) is 9.59 Å². The Bertz CT molecular complexity index is 1220. The average molecular weight is 421 g/mol. The van der Waals surface area contributed by atoms with Crippen LogP contribution in [-0.2, 0) is 6.42 Å². The fourth-order valence-electron chi connectivity index (χ4n) is 3.22. The van der Waals surface area contributed by atoms with E-state index in [1.807, 2.05) is 25.3 Å². The zero-order valence-electron chi connectivity index (χ0n) is 17.4. The molecule has 0 radical (unpaired) electrons. The summed E-state index contributed by atoms with van der Waals surface area (Å²) in [6.07, 6.45) is 3.23. The summed E-state index contributed by atoms with van der Waals surface area (Å²) < 4.78 is 5.92. The highest BCUT2D eigenvalue weighted by Crippen LogP contribution is 2.23. The highest BCUT2D eigenvalue weighted by molar-refractivity contribution is 5.92. The molecule has 9 nitrogen and oxygen atoms in total. The van der Waals surface area contributed by atoms with E-state index in [-0.39, 0.29) is 0 Å². The molecule has 1 amide bonds. The molecule has 0 saturated carbocycles. The zero-order valence-corrected chi connectivity index (χ0v) is 17.4. The topological polar surface area (TPSA) is 136 Å². The number of aromatic nitrogens is 4. The molecular formula is C22H23N5O4.